The molecule has 1 aromatic heterocycles. The molecule has 29 heavy (non-hydrogen) atoms. The van der Waals surface area contributed by atoms with E-state index in [0.717, 1.165) is 28.7 Å². The van der Waals surface area contributed by atoms with Crippen molar-refractivity contribution in [1.82, 2.24) is 14.3 Å². The summed E-state index contributed by atoms with van der Waals surface area (Å²) in [5.41, 5.74) is -0.342. The summed E-state index contributed by atoms with van der Waals surface area (Å²) in [5.74, 6) is -0.732. The Morgan fingerprint density at radius 1 is 1.28 bits per heavy atom. The Morgan fingerprint density at radius 3 is 2.48 bits per heavy atom. The molecule has 0 aliphatic rings. The van der Waals surface area contributed by atoms with Crippen LogP contribution in [0.2, 0.25) is 0 Å². The van der Waals surface area contributed by atoms with Crippen molar-refractivity contribution < 1.29 is 18.4 Å². The van der Waals surface area contributed by atoms with Crippen molar-refractivity contribution in [3.8, 4) is 5.88 Å². The van der Waals surface area contributed by atoms with Gasteiger partial charge in [0.05, 0.1) is 16.8 Å². The van der Waals surface area contributed by atoms with Crippen LogP contribution < -0.4 is 16.7 Å². The van der Waals surface area contributed by atoms with Crippen LogP contribution in [0.25, 0.3) is 0 Å². The highest BCUT2D eigenvalue weighted by atomic mass is 32.2. The second kappa shape index (κ2) is 8.66. The smallest absolute Gasteiger partial charge is 0.328 e. The van der Waals surface area contributed by atoms with Crippen molar-refractivity contribution in [2.45, 2.75) is 18.7 Å². The second-order valence-electron chi connectivity index (χ2n) is 5.57. The van der Waals surface area contributed by atoms with Gasteiger partial charge in [0.25, 0.3) is 11.2 Å². The third kappa shape index (κ3) is 4.67. The van der Waals surface area contributed by atoms with Gasteiger partial charge in [-0.3, -0.25) is 30.3 Å². The number of aromatic amines is 2. The minimum absolute atomic E-state index is 0.0842. The van der Waals surface area contributed by atoms with Crippen LogP contribution in [0.5, 0.6) is 5.88 Å². The first-order chi connectivity index (χ1) is 13.6. The lowest BCUT2D eigenvalue weighted by Gasteiger charge is -2.20. The van der Waals surface area contributed by atoms with Gasteiger partial charge in [-0.1, -0.05) is 13.8 Å². The molecule has 0 fully saturated rings. The molecule has 14 heteroatoms. The first-order valence-corrected chi connectivity index (χ1v) is 9.69. The number of anilines is 1. The standard InChI is InChI=1S/C15H18N6O7S/c1-3-20(4-2)29(27,28)12-7-9(21(25)26)5-6-11(12)19-16-8-10-13(22)17-15(24)18-14(10)23/h5-8,19H,3-4H2,1-2H3,(H3,17,18,22,23,24). The van der Waals surface area contributed by atoms with Crippen LogP contribution in [0.4, 0.5) is 11.4 Å². The Kier molecular flexibility index (Phi) is 6.50. The van der Waals surface area contributed by atoms with Crippen molar-refractivity contribution in [3.63, 3.8) is 0 Å². The van der Waals surface area contributed by atoms with Crippen molar-refractivity contribution in [3.05, 3.63) is 54.7 Å². The maximum Gasteiger partial charge on any atom is 0.328 e. The van der Waals surface area contributed by atoms with Gasteiger partial charge in [-0.2, -0.15) is 9.41 Å². The summed E-state index contributed by atoms with van der Waals surface area (Å²) in [7, 11) is -4.08. The fraction of sp³-hybridized carbons (Fsp3) is 0.267. The number of rotatable bonds is 8. The van der Waals surface area contributed by atoms with Crippen LogP contribution in [0.3, 0.4) is 0 Å². The maximum absolute atomic E-state index is 12.8. The van der Waals surface area contributed by atoms with Crippen LogP contribution in [-0.2, 0) is 10.0 Å². The van der Waals surface area contributed by atoms with E-state index in [4.69, 9.17) is 0 Å². The SMILES string of the molecule is CCN(CC)S(=O)(=O)c1cc([N+](=O)[O-])ccc1NN=Cc1c(O)[nH]c(=O)[nH]c1=O. The largest absolute Gasteiger partial charge is 0.494 e. The molecule has 0 saturated carbocycles. The normalized spacial score (nSPS) is 11.8. The number of hydrogen-bond acceptors (Lipinski definition) is 9. The summed E-state index contributed by atoms with van der Waals surface area (Å²) < 4.78 is 26.8. The van der Waals surface area contributed by atoms with Gasteiger partial charge in [-0.15, -0.1) is 0 Å². The van der Waals surface area contributed by atoms with E-state index in [1.807, 2.05) is 9.97 Å². The number of aromatic hydroxyl groups is 1. The molecule has 0 aliphatic carbocycles. The molecule has 156 valence electrons. The lowest BCUT2D eigenvalue weighted by Crippen LogP contribution is -2.31. The number of sulfonamides is 1. The maximum atomic E-state index is 12.8. The number of hydrogen-bond donors (Lipinski definition) is 4. The minimum atomic E-state index is -4.08. The summed E-state index contributed by atoms with van der Waals surface area (Å²) in [6, 6.07) is 3.14. The molecule has 4 N–H and O–H groups in total. The molecule has 0 saturated heterocycles. The van der Waals surface area contributed by atoms with E-state index in [2.05, 4.69) is 10.5 Å². The Bertz CT molecular complexity index is 1160. The van der Waals surface area contributed by atoms with Gasteiger partial charge < -0.3 is 5.11 Å². The Labute approximate surface area is 163 Å². The average molecular weight is 426 g/mol. The molecule has 0 spiro atoms. The van der Waals surface area contributed by atoms with Crippen LogP contribution in [0.1, 0.15) is 19.4 Å². The van der Waals surface area contributed by atoms with Crippen molar-refractivity contribution in [2.75, 3.05) is 18.5 Å². The zero-order valence-corrected chi connectivity index (χ0v) is 16.2. The van der Waals surface area contributed by atoms with Crippen molar-refractivity contribution >= 4 is 27.6 Å². The third-order valence-corrected chi connectivity index (χ3v) is 5.93. The Hall–Kier alpha value is -3.52. The lowest BCUT2D eigenvalue weighted by molar-refractivity contribution is -0.385. The third-order valence-electron chi connectivity index (χ3n) is 3.84. The van der Waals surface area contributed by atoms with Gasteiger partial charge in [-0.05, 0) is 6.07 Å². The molecule has 0 radical (unpaired) electrons. The van der Waals surface area contributed by atoms with Crippen LogP contribution in [-0.4, -0.2) is 52.0 Å². The first-order valence-electron chi connectivity index (χ1n) is 8.25. The molecule has 0 aliphatic heterocycles. The molecule has 0 amide bonds. The number of nitro groups is 1. The predicted octanol–water partition coefficient (Wildman–Crippen LogP) is 0.153. The van der Waals surface area contributed by atoms with Gasteiger partial charge in [-0.25, -0.2) is 13.2 Å². The predicted molar refractivity (Wildman–Crippen MR) is 104 cm³/mol. The van der Waals surface area contributed by atoms with Gasteiger partial charge in [0.1, 0.15) is 10.5 Å². The van der Waals surface area contributed by atoms with E-state index in [1.165, 1.54) is 0 Å². The topological polar surface area (TPSA) is 191 Å². The number of nitrogens with zero attached hydrogens (tertiary/aromatic N) is 3. The number of nitro benzene ring substituents is 1. The van der Waals surface area contributed by atoms with Crippen LogP contribution in [0.15, 0.2) is 37.8 Å². The van der Waals surface area contributed by atoms with E-state index in [9.17, 15) is 33.2 Å². The summed E-state index contributed by atoms with van der Waals surface area (Å²) in [6.07, 6.45) is 0.860. The van der Waals surface area contributed by atoms with Crippen molar-refractivity contribution in [1.29, 1.82) is 0 Å². The van der Waals surface area contributed by atoms with E-state index in [1.54, 1.807) is 13.8 Å². The molecule has 0 bridgehead atoms. The van der Waals surface area contributed by atoms with E-state index < -0.39 is 37.8 Å². The van der Waals surface area contributed by atoms with Gasteiger partial charge in [0.15, 0.2) is 0 Å². The van der Waals surface area contributed by atoms with Gasteiger partial charge in [0, 0.05) is 25.2 Å². The highest BCUT2D eigenvalue weighted by Crippen LogP contribution is 2.29. The molecule has 1 aromatic carbocycles. The van der Waals surface area contributed by atoms with E-state index >= 15 is 0 Å². The fourth-order valence-electron chi connectivity index (χ4n) is 2.40. The molecule has 1 heterocycles. The Balaban J connectivity index is 2.49. The summed E-state index contributed by atoms with van der Waals surface area (Å²) in [4.78, 5) is 36.5. The van der Waals surface area contributed by atoms with Gasteiger partial charge in [0.2, 0.25) is 15.9 Å². The number of nitrogens with one attached hydrogen (secondary N) is 3. The quantitative estimate of drug-likeness (QED) is 0.260. The molecule has 13 nitrogen and oxygen atoms in total. The second-order valence-corrected chi connectivity index (χ2v) is 7.47. The monoisotopic (exact) mass is 426 g/mol. The average Bonchev–Trinajstić information content (AvgIpc) is 2.64. The summed E-state index contributed by atoms with van der Waals surface area (Å²) >= 11 is 0. The van der Waals surface area contributed by atoms with E-state index in [-0.39, 0.29) is 29.2 Å². The summed E-state index contributed by atoms with van der Waals surface area (Å²) in [5, 5.41) is 24.4. The molecule has 0 atom stereocenters. The Morgan fingerprint density at radius 2 is 1.93 bits per heavy atom. The van der Waals surface area contributed by atoms with Crippen LogP contribution in [0, 0.1) is 10.1 Å². The molecule has 0 unspecified atom stereocenters. The molecule has 2 rings (SSSR count). The minimum Gasteiger partial charge on any atom is -0.494 e. The fourth-order valence-corrected chi connectivity index (χ4v) is 4.02. The van der Waals surface area contributed by atoms with Crippen molar-refractivity contribution in [2.24, 2.45) is 5.10 Å². The molecule has 2 aromatic rings. The summed E-state index contributed by atoms with van der Waals surface area (Å²) in [6.45, 7) is 3.53. The highest BCUT2D eigenvalue weighted by molar-refractivity contribution is 7.89. The number of hydrazone groups is 1. The van der Waals surface area contributed by atoms with Gasteiger partial charge >= 0.3 is 5.69 Å². The number of benzene rings is 1. The zero-order valence-electron chi connectivity index (χ0n) is 15.4. The van der Waals surface area contributed by atoms with Crippen LogP contribution >= 0.6 is 0 Å². The number of H-pyrrole nitrogens is 2. The van der Waals surface area contributed by atoms with E-state index in [0.29, 0.717) is 0 Å². The lowest BCUT2D eigenvalue weighted by atomic mass is 10.3. The first kappa shape index (κ1) is 21.8. The highest BCUT2D eigenvalue weighted by Gasteiger charge is 2.27. The number of non-ortho nitro benzene ring substituents is 1. The zero-order chi connectivity index (χ0) is 21.8. The number of aromatic nitrogens is 2. The molecular weight excluding hydrogens is 408 g/mol. The molecular formula is C15H18N6O7S.